The second-order valence-corrected chi connectivity index (χ2v) is 16.0. The van der Waals surface area contributed by atoms with Gasteiger partial charge in [-0.1, -0.05) is 194 Å². The van der Waals surface area contributed by atoms with Crippen molar-refractivity contribution in [2.45, 2.75) is 0 Å². The van der Waals surface area contributed by atoms with Crippen LogP contribution in [0.2, 0.25) is 0 Å². The summed E-state index contributed by atoms with van der Waals surface area (Å²) in [6.07, 6.45) is 0. The van der Waals surface area contributed by atoms with E-state index in [9.17, 15) is 0 Å². The first-order valence-corrected chi connectivity index (χ1v) is 21.1. The summed E-state index contributed by atoms with van der Waals surface area (Å²) >= 11 is 0. The third-order valence-electron chi connectivity index (χ3n) is 12.6. The van der Waals surface area contributed by atoms with Crippen molar-refractivity contribution >= 4 is 81.7 Å². The van der Waals surface area contributed by atoms with Gasteiger partial charge in [-0.3, -0.25) is 0 Å². The van der Waals surface area contributed by atoms with E-state index in [1.54, 1.807) is 0 Å². The van der Waals surface area contributed by atoms with Gasteiger partial charge >= 0.3 is 0 Å². The quantitative estimate of drug-likeness (QED) is 0.152. The molecule has 0 radical (unpaired) electrons. The molecule has 0 unspecified atom stereocenters. The average molecular weight is 774 g/mol. The van der Waals surface area contributed by atoms with Crippen LogP contribution in [-0.4, -0.2) is 0 Å². The average Bonchev–Trinajstić information content (AvgIpc) is 3.33. The summed E-state index contributed by atoms with van der Waals surface area (Å²) in [6, 6.07) is 86.9. The molecule has 0 fully saturated rings. The topological polar surface area (TPSA) is 3.24 Å². The summed E-state index contributed by atoms with van der Waals surface area (Å²) in [5.41, 5.74) is 10.9. The Hall–Kier alpha value is -8.00. The van der Waals surface area contributed by atoms with Crippen LogP contribution in [0.4, 0.5) is 17.1 Å². The van der Waals surface area contributed by atoms with Gasteiger partial charge in [0.05, 0.1) is 11.4 Å². The molecule has 12 aromatic rings. The van der Waals surface area contributed by atoms with Crippen molar-refractivity contribution in [3.63, 3.8) is 0 Å². The third kappa shape index (κ3) is 5.86. The second-order valence-electron chi connectivity index (χ2n) is 16.0. The fourth-order valence-electron chi connectivity index (χ4n) is 9.78. The number of nitrogens with zero attached hydrogens (tertiary/aromatic N) is 1. The van der Waals surface area contributed by atoms with Crippen molar-refractivity contribution in [1.82, 2.24) is 0 Å². The van der Waals surface area contributed by atoms with Crippen LogP contribution in [0.15, 0.2) is 237 Å². The summed E-state index contributed by atoms with van der Waals surface area (Å²) in [4.78, 5) is 2.44. The number of rotatable bonds is 6. The van der Waals surface area contributed by atoms with Gasteiger partial charge < -0.3 is 4.90 Å². The van der Waals surface area contributed by atoms with Gasteiger partial charge in [0.15, 0.2) is 0 Å². The smallest absolute Gasteiger partial charge is 0.0540 e. The van der Waals surface area contributed by atoms with Crippen LogP contribution in [0.5, 0.6) is 0 Å². The molecule has 0 spiro atoms. The van der Waals surface area contributed by atoms with Gasteiger partial charge in [-0.25, -0.2) is 0 Å². The lowest BCUT2D eigenvalue weighted by Gasteiger charge is -2.28. The minimum Gasteiger partial charge on any atom is -0.309 e. The van der Waals surface area contributed by atoms with E-state index in [4.69, 9.17) is 0 Å². The Morgan fingerprint density at radius 2 is 0.689 bits per heavy atom. The monoisotopic (exact) mass is 773 g/mol. The van der Waals surface area contributed by atoms with Gasteiger partial charge in [-0.2, -0.15) is 0 Å². The minimum atomic E-state index is 1.12. The minimum absolute atomic E-state index is 1.12. The maximum Gasteiger partial charge on any atom is 0.0540 e. The van der Waals surface area contributed by atoms with Gasteiger partial charge in [0.25, 0.3) is 0 Å². The standard InChI is InChI=1S/C60H39N/c1-2-16-40(17-3-1)49-24-10-11-27-52(49)60-54-29-13-12-28-53(54)59(55-38-43-20-4-5-21-44(43)39-56(55)60)47-33-32-46-37-48(35-34-45(46)36-47)61(57-30-14-22-41-18-6-8-25-50(41)57)58-31-15-23-42-19-7-9-26-51(42)58/h1-39H. The molecule has 0 heterocycles. The molecule has 12 rings (SSSR count). The predicted octanol–water partition coefficient (Wildman–Crippen LogP) is 17.1. The Morgan fingerprint density at radius 1 is 0.230 bits per heavy atom. The summed E-state index contributed by atoms with van der Waals surface area (Å²) in [5.74, 6) is 0. The normalized spacial score (nSPS) is 11.6. The van der Waals surface area contributed by atoms with Crippen LogP contribution >= 0.6 is 0 Å². The van der Waals surface area contributed by atoms with Crippen LogP contribution in [-0.2, 0) is 0 Å². The summed E-state index contributed by atoms with van der Waals surface area (Å²) in [7, 11) is 0. The van der Waals surface area contributed by atoms with E-state index in [-0.39, 0.29) is 0 Å². The van der Waals surface area contributed by atoms with E-state index >= 15 is 0 Å². The van der Waals surface area contributed by atoms with Crippen LogP contribution < -0.4 is 4.90 Å². The Kier molecular flexibility index (Phi) is 8.25. The molecule has 0 aliphatic rings. The maximum absolute atomic E-state index is 2.44. The molecule has 0 aromatic heterocycles. The first kappa shape index (κ1) is 35.0. The zero-order valence-electron chi connectivity index (χ0n) is 33.5. The molecule has 0 aliphatic heterocycles. The highest BCUT2D eigenvalue weighted by Gasteiger charge is 2.21. The second kappa shape index (κ2) is 14.4. The number of hydrogen-bond acceptors (Lipinski definition) is 1. The van der Waals surface area contributed by atoms with Crippen molar-refractivity contribution in [3.05, 3.63) is 237 Å². The molecule has 1 heteroatoms. The summed E-state index contributed by atoms with van der Waals surface area (Å²) in [5, 5.41) is 14.8. The molecule has 0 aliphatic carbocycles. The predicted molar refractivity (Wildman–Crippen MR) is 262 cm³/mol. The van der Waals surface area contributed by atoms with Crippen molar-refractivity contribution in [1.29, 1.82) is 0 Å². The van der Waals surface area contributed by atoms with Crippen molar-refractivity contribution < 1.29 is 0 Å². The highest BCUT2D eigenvalue weighted by atomic mass is 15.1. The Labute approximate surface area is 355 Å². The molecule has 284 valence electrons. The highest BCUT2D eigenvalue weighted by Crippen LogP contribution is 2.48. The molecule has 0 saturated heterocycles. The largest absolute Gasteiger partial charge is 0.309 e. The van der Waals surface area contributed by atoms with Gasteiger partial charge in [0.1, 0.15) is 0 Å². The Balaban J connectivity index is 1.08. The molecule has 0 bridgehead atoms. The first-order chi connectivity index (χ1) is 30.3. The molecular formula is C60H39N. The fourth-order valence-corrected chi connectivity index (χ4v) is 9.78. The summed E-state index contributed by atoms with van der Waals surface area (Å²) in [6.45, 7) is 0. The zero-order valence-corrected chi connectivity index (χ0v) is 33.5. The van der Waals surface area contributed by atoms with E-state index in [2.05, 4.69) is 241 Å². The fraction of sp³-hybridized carbons (Fsp3) is 0. The van der Waals surface area contributed by atoms with Crippen molar-refractivity contribution in [2.24, 2.45) is 0 Å². The van der Waals surface area contributed by atoms with Crippen LogP contribution in [0.3, 0.4) is 0 Å². The lowest BCUT2D eigenvalue weighted by Crippen LogP contribution is -2.11. The SMILES string of the molecule is c1ccc(-c2ccccc2-c2c3ccccc3c(-c3ccc4cc(N(c5cccc6ccccc56)c5cccc6ccccc56)ccc4c3)c3cc4ccccc4cc23)cc1. The lowest BCUT2D eigenvalue weighted by molar-refractivity contribution is 1.32. The number of fused-ring (bicyclic) bond motifs is 6. The van der Waals surface area contributed by atoms with E-state index in [1.165, 1.54) is 98.0 Å². The molecule has 0 saturated carbocycles. The van der Waals surface area contributed by atoms with E-state index in [0.717, 1.165) is 17.1 Å². The zero-order chi connectivity index (χ0) is 40.3. The number of benzene rings is 12. The first-order valence-electron chi connectivity index (χ1n) is 21.1. The van der Waals surface area contributed by atoms with Crippen LogP contribution in [0.1, 0.15) is 0 Å². The van der Waals surface area contributed by atoms with E-state index in [0.29, 0.717) is 0 Å². The molecule has 0 amide bonds. The Bertz CT molecular complexity index is 3570. The number of anilines is 3. The molecule has 12 aromatic carbocycles. The molecule has 0 N–H and O–H groups in total. The van der Waals surface area contributed by atoms with E-state index in [1.807, 2.05) is 0 Å². The van der Waals surface area contributed by atoms with Crippen molar-refractivity contribution in [2.75, 3.05) is 4.90 Å². The van der Waals surface area contributed by atoms with Crippen LogP contribution in [0.25, 0.3) is 98.0 Å². The van der Waals surface area contributed by atoms with Gasteiger partial charge in [-0.05, 0) is 130 Å². The van der Waals surface area contributed by atoms with Gasteiger partial charge in [0, 0.05) is 16.5 Å². The van der Waals surface area contributed by atoms with Gasteiger partial charge in [0.2, 0.25) is 0 Å². The highest BCUT2D eigenvalue weighted by molar-refractivity contribution is 6.25. The van der Waals surface area contributed by atoms with E-state index < -0.39 is 0 Å². The Morgan fingerprint density at radius 3 is 1.34 bits per heavy atom. The molecule has 1 nitrogen and oxygen atoms in total. The molecule has 61 heavy (non-hydrogen) atoms. The summed E-state index contributed by atoms with van der Waals surface area (Å²) < 4.78 is 0. The third-order valence-corrected chi connectivity index (χ3v) is 12.6. The number of hydrogen-bond donors (Lipinski definition) is 0. The maximum atomic E-state index is 2.44. The van der Waals surface area contributed by atoms with Gasteiger partial charge in [-0.15, -0.1) is 0 Å². The lowest BCUT2D eigenvalue weighted by atomic mass is 9.83. The molecular weight excluding hydrogens is 735 g/mol. The van der Waals surface area contributed by atoms with Crippen LogP contribution in [0, 0.1) is 0 Å². The molecule has 0 atom stereocenters. The van der Waals surface area contributed by atoms with Crippen molar-refractivity contribution in [3.8, 4) is 33.4 Å².